The van der Waals surface area contributed by atoms with Gasteiger partial charge in [0.2, 0.25) is 0 Å². The first-order valence-corrected chi connectivity index (χ1v) is 15.7. The number of hydrogen-bond acceptors (Lipinski definition) is 2. The van der Waals surface area contributed by atoms with Gasteiger partial charge in [-0.1, -0.05) is 129 Å². The Kier molecular flexibility index (Phi) is 4.82. The van der Waals surface area contributed by atoms with E-state index in [4.69, 9.17) is 9.97 Å². The average molecular weight is 573 g/mol. The van der Waals surface area contributed by atoms with E-state index in [9.17, 15) is 0 Å². The van der Waals surface area contributed by atoms with Crippen molar-refractivity contribution in [3.8, 4) is 33.8 Å². The Morgan fingerprint density at radius 1 is 0.444 bits per heavy atom. The van der Waals surface area contributed by atoms with Crippen molar-refractivity contribution in [1.29, 1.82) is 0 Å². The molecule has 2 heteroatoms. The Hall–Kier alpha value is -5.60. The fraction of sp³-hybridized carbons (Fsp3) is 0.0698. The third kappa shape index (κ3) is 3.34. The third-order valence-electron chi connectivity index (χ3n) is 10.2. The van der Waals surface area contributed by atoms with Crippen LogP contribution in [0.25, 0.3) is 87.8 Å². The minimum absolute atomic E-state index is 0.0909. The molecular weight excluding hydrogens is 544 g/mol. The largest absolute Gasteiger partial charge is 0.227 e. The molecule has 0 saturated carbocycles. The smallest absolute Gasteiger partial charge is 0.161 e. The van der Waals surface area contributed by atoms with Crippen LogP contribution in [0.4, 0.5) is 0 Å². The summed E-state index contributed by atoms with van der Waals surface area (Å²) in [7, 11) is 0. The number of hydrogen-bond donors (Lipinski definition) is 0. The van der Waals surface area contributed by atoms with E-state index in [-0.39, 0.29) is 5.41 Å². The molecule has 1 aromatic heterocycles. The van der Waals surface area contributed by atoms with E-state index in [0.717, 1.165) is 38.9 Å². The van der Waals surface area contributed by atoms with Gasteiger partial charge < -0.3 is 0 Å². The van der Waals surface area contributed by atoms with Crippen LogP contribution in [-0.2, 0) is 5.41 Å². The van der Waals surface area contributed by atoms with Crippen LogP contribution in [0.15, 0.2) is 133 Å². The van der Waals surface area contributed by atoms with Crippen LogP contribution in [0, 0.1) is 0 Å². The summed E-state index contributed by atoms with van der Waals surface area (Å²) >= 11 is 0. The van der Waals surface area contributed by atoms with Gasteiger partial charge in [0.25, 0.3) is 0 Å². The molecule has 210 valence electrons. The Balaban J connectivity index is 1.29. The molecule has 0 amide bonds. The van der Waals surface area contributed by atoms with Crippen molar-refractivity contribution in [2.75, 3.05) is 0 Å². The summed E-state index contributed by atoms with van der Waals surface area (Å²) in [5.41, 5.74) is 9.42. The lowest BCUT2D eigenvalue weighted by Crippen LogP contribution is -2.15. The van der Waals surface area contributed by atoms with Crippen LogP contribution in [0.3, 0.4) is 0 Å². The predicted octanol–water partition coefficient (Wildman–Crippen LogP) is 11.3. The molecule has 0 saturated heterocycles. The summed E-state index contributed by atoms with van der Waals surface area (Å²) in [6.45, 7) is 4.67. The molecule has 10 rings (SSSR count). The summed E-state index contributed by atoms with van der Waals surface area (Å²) in [6, 6.07) is 48.7. The van der Waals surface area contributed by atoms with Gasteiger partial charge in [0.15, 0.2) is 5.82 Å². The fourth-order valence-corrected chi connectivity index (χ4v) is 7.99. The number of fused-ring (bicyclic) bond motifs is 6. The van der Waals surface area contributed by atoms with E-state index in [0.29, 0.717) is 0 Å². The molecule has 0 N–H and O–H groups in total. The molecule has 0 radical (unpaired) electrons. The second-order valence-electron chi connectivity index (χ2n) is 13.0. The van der Waals surface area contributed by atoms with Crippen LogP contribution in [0.1, 0.15) is 25.0 Å². The van der Waals surface area contributed by atoms with Gasteiger partial charge in [-0.3, -0.25) is 0 Å². The van der Waals surface area contributed by atoms with Crippen molar-refractivity contribution in [3.63, 3.8) is 0 Å². The van der Waals surface area contributed by atoms with Crippen LogP contribution in [0.5, 0.6) is 0 Å². The van der Waals surface area contributed by atoms with E-state index in [1.807, 2.05) is 0 Å². The lowest BCUT2D eigenvalue weighted by molar-refractivity contribution is 0.660. The van der Waals surface area contributed by atoms with E-state index >= 15 is 0 Å². The van der Waals surface area contributed by atoms with Crippen molar-refractivity contribution in [2.24, 2.45) is 0 Å². The summed E-state index contributed by atoms with van der Waals surface area (Å²) < 4.78 is 0. The molecule has 9 aromatic rings. The highest BCUT2D eigenvalue weighted by atomic mass is 14.9. The normalized spacial score (nSPS) is 13.7. The maximum absolute atomic E-state index is 5.44. The van der Waals surface area contributed by atoms with Gasteiger partial charge in [-0.15, -0.1) is 0 Å². The SMILES string of the molecule is CC1(C)c2ccccc2-c2ccc(-c3nc(-c4ccc5ccc6cccc7ccc4c5c67)nc4c3ccc3ccccc34)cc21. The molecule has 0 aliphatic heterocycles. The Bertz CT molecular complexity index is 2660. The number of aromatic nitrogens is 2. The quantitative estimate of drug-likeness (QED) is 0.193. The zero-order chi connectivity index (χ0) is 29.9. The van der Waals surface area contributed by atoms with E-state index in [1.165, 1.54) is 60.0 Å². The molecule has 2 nitrogen and oxygen atoms in total. The van der Waals surface area contributed by atoms with Crippen molar-refractivity contribution in [1.82, 2.24) is 9.97 Å². The van der Waals surface area contributed by atoms with E-state index < -0.39 is 0 Å². The monoisotopic (exact) mass is 572 g/mol. The second-order valence-corrected chi connectivity index (χ2v) is 13.0. The molecule has 1 heterocycles. The Morgan fingerprint density at radius 3 is 1.98 bits per heavy atom. The van der Waals surface area contributed by atoms with Gasteiger partial charge >= 0.3 is 0 Å². The first kappa shape index (κ1) is 24.8. The highest BCUT2D eigenvalue weighted by molar-refractivity contribution is 6.25. The highest BCUT2D eigenvalue weighted by Crippen LogP contribution is 2.50. The number of rotatable bonds is 2. The van der Waals surface area contributed by atoms with Gasteiger partial charge in [-0.25, -0.2) is 9.97 Å². The molecule has 1 aliphatic carbocycles. The van der Waals surface area contributed by atoms with Crippen LogP contribution >= 0.6 is 0 Å². The van der Waals surface area contributed by atoms with Crippen molar-refractivity contribution in [3.05, 3.63) is 145 Å². The lowest BCUT2D eigenvalue weighted by Gasteiger charge is -2.22. The van der Waals surface area contributed by atoms with Crippen LogP contribution < -0.4 is 0 Å². The highest BCUT2D eigenvalue weighted by Gasteiger charge is 2.35. The molecule has 45 heavy (non-hydrogen) atoms. The predicted molar refractivity (Wildman–Crippen MR) is 189 cm³/mol. The molecule has 0 atom stereocenters. The van der Waals surface area contributed by atoms with E-state index in [2.05, 4.69) is 147 Å². The number of nitrogens with zero attached hydrogens (tertiary/aromatic N) is 2. The molecule has 0 unspecified atom stereocenters. The minimum atomic E-state index is -0.0909. The minimum Gasteiger partial charge on any atom is -0.227 e. The summed E-state index contributed by atoms with van der Waals surface area (Å²) in [4.78, 5) is 10.8. The molecule has 8 aromatic carbocycles. The van der Waals surface area contributed by atoms with Crippen molar-refractivity contribution in [2.45, 2.75) is 19.3 Å². The Morgan fingerprint density at radius 2 is 1.09 bits per heavy atom. The molecule has 1 aliphatic rings. The topological polar surface area (TPSA) is 25.8 Å². The molecule has 0 fully saturated rings. The van der Waals surface area contributed by atoms with Gasteiger partial charge in [-0.2, -0.15) is 0 Å². The van der Waals surface area contributed by atoms with Gasteiger partial charge in [-0.05, 0) is 78.2 Å². The Labute approximate surface area is 261 Å². The average Bonchev–Trinajstić information content (AvgIpc) is 3.32. The molecule has 0 spiro atoms. The van der Waals surface area contributed by atoms with Crippen molar-refractivity contribution < 1.29 is 0 Å². The first-order valence-electron chi connectivity index (χ1n) is 15.7. The van der Waals surface area contributed by atoms with Crippen LogP contribution in [0.2, 0.25) is 0 Å². The number of benzene rings is 8. The maximum atomic E-state index is 5.44. The zero-order valence-corrected chi connectivity index (χ0v) is 25.1. The zero-order valence-electron chi connectivity index (χ0n) is 25.1. The maximum Gasteiger partial charge on any atom is 0.161 e. The van der Waals surface area contributed by atoms with E-state index in [1.54, 1.807) is 0 Å². The summed E-state index contributed by atoms with van der Waals surface area (Å²) in [5.74, 6) is 0.759. The van der Waals surface area contributed by atoms with Gasteiger partial charge in [0, 0.05) is 27.3 Å². The summed E-state index contributed by atoms with van der Waals surface area (Å²) in [6.07, 6.45) is 0. The fourth-order valence-electron chi connectivity index (χ4n) is 7.99. The van der Waals surface area contributed by atoms with Gasteiger partial charge in [0.05, 0.1) is 11.2 Å². The molecular formula is C43H28N2. The van der Waals surface area contributed by atoms with Crippen molar-refractivity contribution >= 4 is 54.0 Å². The second kappa shape index (κ2) is 8.74. The summed E-state index contributed by atoms with van der Waals surface area (Å²) in [5, 5.41) is 10.9. The van der Waals surface area contributed by atoms with Gasteiger partial charge in [0.1, 0.15) is 0 Å². The molecule has 0 bridgehead atoms. The lowest BCUT2D eigenvalue weighted by atomic mass is 9.81. The standard InChI is InChI=1S/C43H28N2/c1-43(2)36-13-6-5-12-31(36)32-20-19-29(24-37(32)43)40-35-23-16-25-8-3-4-11-30(25)41(35)45-42(44-40)34-22-18-28-15-14-26-9-7-10-27-17-21-33(34)39(28)38(26)27/h3-24H,1-2H3. The van der Waals surface area contributed by atoms with Crippen LogP contribution in [-0.4, -0.2) is 9.97 Å². The third-order valence-corrected chi connectivity index (χ3v) is 10.2. The first-order chi connectivity index (χ1) is 22.1.